The van der Waals surface area contributed by atoms with E-state index in [-0.39, 0.29) is 0 Å². The van der Waals surface area contributed by atoms with Crippen LogP contribution in [0.4, 0.5) is 0 Å². The van der Waals surface area contributed by atoms with Gasteiger partial charge in [-0.1, -0.05) is 121 Å². The van der Waals surface area contributed by atoms with Gasteiger partial charge in [0.05, 0.1) is 0 Å². The molecule has 0 aliphatic heterocycles. The van der Waals surface area contributed by atoms with Gasteiger partial charge in [0, 0.05) is 38.2 Å². The highest BCUT2D eigenvalue weighted by molar-refractivity contribution is 6.13. The number of hydrogen-bond acceptors (Lipinski definition) is 5. The summed E-state index contributed by atoms with van der Waals surface area (Å²) in [6.45, 7) is 0. The van der Waals surface area contributed by atoms with Crippen LogP contribution in [0.15, 0.2) is 185 Å². The third kappa shape index (κ3) is 5.06. The van der Waals surface area contributed by atoms with Gasteiger partial charge in [-0.05, 0) is 87.6 Å². The second kappa shape index (κ2) is 12.1. The average Bonchev–Trinajstić information content (AvgIpc) is 3.81. The van der Waals surface area contributed by atoms with E-state index in [4.69, 9.17) is 23.8 Å². The zero-order valence-corrected chi connectivity index (χ0v) is 28.9. The van der Waals surface area contributed by atoms with Crippen molar-refractivity contribution in [1.29, 1.82) is 0 Å². The van der Waals surface area contributed by atoms with Crippen molar-refractivity contribution in [2.45, 2.75) is 0 Å². The summed E-state index contributed by atoms with van der Waals surface area (Å²) in [5.74, 6) is 1.75. The number of rotatable bonds is 5. The molecule has 0 aliphatic carbocycles. The molecule has 0 atom stereocenters. The minimum absolute atomic E-state index is 0.574. The highest BCUT2D eigenvalue weighted by Crippen LogP contribution is 2.39. The maximum Gasteiger partial charge on any atom is 0.164 e. The zero-order valence-electron chi connectivity index (χ0n) is 28.9. The predicted molar refractivity (Wildman–Crippen MR) is 219 cm³/mol. The normalized spacial score (nSPS) is 11.7. The first-order valence-electron chi connectivity index (χ1n) is 18.0. The standard InChI is InChI=1S/C49H29N3O2/c1-2-10-30(11-3-1)33-14-8-15-34(26-33)35-22-24-44-41(28-35)46-39(17-9-19-45(46)54-44)49-51-47(36-21-20-31-12-4-5-13-32(31)27-36)50-48(52-49)37-23-25-43-40(29-37)38-16-6-7-18-42(38)53-43/h1-29H. The molecule has 3 heterocycles. The lowest BCUT2D eigenvalue weighted by Crippen LogP contribution is -2.00. The van der Waals surface area contributed by atoms with Crippen LogP contribution in [-0.2, 0) is 0 Å². The molecular weight excluding hydrogens is 663 g/mol. The van der Waals surface area contributed by atoms with Crippen LogP contribution in [-0.4, -0.2) is 15.0 Å². The highest BCUT2D eigenvalue weighted by atomic mass is 16.3. The number of aromatic nitrogens is 3. The van der Waals surface area contributed by atoms with E-state index < -0.39 is 0 Å². The van der Waals surface area contributed by atoms with E-state index in [9.17, 15) is 0 Å². The Balaban J connectivity index is 1.11. The molecular formula is C49H29N3O2. The quantitative estimate of drug-likeness (QED) is 0.180. The SMILES string of the molecule is c1ccc(-c2cccc(-c3ccc4oc5cccc(-c6nc(-c7ccc8ccccc8c7)nc(-c7ccc8oc9ccccc9c8c7)n6)c5c4c3)c2)cc1. The van der Waals surface area contributed by atoms with Crippen LogP contribution >= 0.6 is 0 Å². The Labute approximate surface area is 309 Å². The van der Waals surface area contributed by atoms with Crippen molar-refractivity contribution in [2.75, 3.05) is 0 Å². The van der Waals surface area contributed by atoms with E-state index in [1.165, 1.54) is 11.1 Å². The first-order chi connectivity index (χ1) is 26.7. The van der Waals surface area contributed by atoms with Crippen LogP contribution in [0, 0.1) is 0 Å². The van der Waals surface area contributed by atoms with Crippen LogP contribution in [0.2, 0.25) is 0 Å². The van der Waals surface area contributed by atoms with Crippen molar-refractivity contribution in [3.63, 3.8) is 0 Å². The summed E-state index contributed by atoms with van der Waals surface area (Å²) in [6, 6.07) is 60.6. The molecule has 0 radical (unpaired) electrons. The number of para-hydroxylation sites is 1. The second-order valence-electron chi connectivity index (χ2n) is 13.6. The number of nitrogens with zero attached hydrogens (tertiary/aromatic N) is 3. The Morgan fingerprint density at radius 2 is 0.852 bits per heavy atom. The molecule has 54 heavy (non-hydrogen) atoms. The van der Waals surface area contributed by atoms with Crippen LogP contribution in [0.5, 0.6) is 0 Å². The Kier molecular flexibility index (Phi) is 6.79. The lowest BCUT2D eigenvalue weighted by Gasteiger charge is -2.10. The van der Waals surface area contributed by atoms with Crippen molar-refractivity contribution in [1.82, 2.24) is 15.0 Å². The van der Waals surface area contributed by atoms with Gasteiger partial charge in [0.25, 0.3) is 0 Å². The molecule has 0 saturated carbocycles. The molecule has 5 heteroatoms. The Hall–Kier alpha value is -7.37. The molecule has 0 unspecified atom stereocenters. The number of furan rings is 2. The van der Waals surface area contributed by atoms with Gasteiger partial charge in [-0.25, -0.2) is 15.0 Å². The first-order valence-corrected chi connectivity index (χ1v) is 18.0. The van der Waals surface area contributed by atoms with Crippen molar-refractivity contribution in [2.24, 2.45) is 0 Å². The van der Waals surface area contributed by atoms with Gasteiger partial charge in [-0.3, -0.25) is 0 Å². The fraction of sp³-hybridized carbons (Fsp3) is 0. The molecule has 0 N–H and O–H groups in total. The van der Waals surface area contributed by atoms with Crippen molar-refractivity contribution < 1.29 is 8.83 Å². The Morgan fingerprint density at radius 1 is 0.296 bits per heavy atom. The van der Waals surface area contributed by atoms with Crippen LogP contribution in [0.25, 0.3) is 111 Å². The fourth-order valence-electron chi connectivity index (χ4n) is 7.65. The summed E-state index contributed by atoms with van der Waals surface area (Å²) in [4.78, 5) is 15.5. The molecule has 252 valence electrons. The minimum atomic E-state index is 0.574. The summed E-state index contributed by atoms with van der Waals surface area (Å²) < 4.78 is 12.6. The Bertz CT molecular complexity index is 3230. The summed E-state index contributed by atoms with van der Waals surface area (Å²) >= 11 is 0. The maximum absolute atomic E-state index is 6.48. The summed E-state index contributed by atoms with van der Waals surface area (Å²) in [5.41, 5.74) is 10.5. The largest absolute Gasteiger partial charge is 0.456 e. The highest BCUT2D eigenvalue weighted by Gasteiger charge is 2.19. The Morgan fingerprint density at radius 3 is 1.72 bits per heavy atom. The van der Waals surface area contributed by atoms with Crippen LogP contribution in [0.3, 0.4) is 0 Å². The van der Waals surface area contributed by atoms with Gasteiger partial charge in [-0.2, -0.15) is 0 Å². The van der Waals surface area contributed by atoms with Crippen molar-refractivity contribution in [3.05, 3.63) is 176 Å². The molecule has 11 rings (SSSR count). The van der Waals surface area contributed by atoms with E-state index in [1.54, 1.807) is 0 Å². The molecule has 0 aliphatic rings. The van der Waals surface area contributed by atoms with Gasteiger partial charge in [0.2, 0.25) is 0 Å². The van der Waals surface area contributed by atoms with E-state index >= 15 is 0 Å². The molecule has 0 bridgehead atoms. The number of fused-ring (bicyclic) bond motifs is 7. The topological polar surface area (TPSA) is 65.0 Å². The van der Waals surface area contributed by atoms with E-state index in [0.29, 0.717) is 17.5 Å². The zero-order chi connectivity index (χ0) is 35.6. The lowest BCUT2D eigenvalue weighted by molar-refractivity contribution is 0.668. The predicted octanol–water partition coefficient (Wildman–Crippen LogP) is 13.2. The van der Waals surface area contributed by atoms with Gasteiger partial charge in [0.15, 0.2) is 17.5 Å². The van der Waals surface area contributed by atoms with Gasteiger partial charge in [0.1, 0.15) is 22.3 Å². The molecule has 0 amide bonds. The molecule has 5 nitrogen and oxygen atoms in total. The summed E-state index contributed by atoms with van der Waals surface area (Å²) in [6.07, 6.45) is 0. The summed E-state index contributed by atoms with van der Waals surface area (Å²) in [5, 5.41) is 6.32. The smallest absolute Gasteiger partial charge is 0.164 e. The third-order valence-electron chi connectivity index (χ3n) is 10.3. The van der Waals surface area contributed by atoms with Crippen molar-refractivity contribution in [3.8, 4) is 56.4 Å². The number of benzene rings is 8. The summed E-state index contributed by atoms with van der Waals surface area (Å²) in [7, 11) is 0. The third-order valence-corrected chi connectivity index (χ3v) is 10.3. The van der Waals surface area contributed by atoms with Crippen LogP contribution < -0.4 is 0 Å². The van der Waals surface area contributed by atoms with Gasteiger partial charge in [-0.15, -0.1) is 0 Å². The van der Waals surface area contributed by atoms with Gasteiger partial charge >= 0.3 is 0 Å². The molecule has 0 fully saturated rings. The van der Waals surface area contributed by atoms with E-state index in [0.717, 1.165) is 82.5 Å². The van der Waals surface area contributed by atoms with Crippen molar-refractivity contribution >= 4 is 54.6 Å². The minimum Gasteiger partial charge on any atom is -0.456 e. The van der Waals surface area contributed by atoms with E-state index in [2.05, 4.69) is 127 Å². The molecule has 0 spiro atoms. The molecule has 8 aromatic carbocycles. The number of hydrogen-bond donors (Lipinski definition) is 0. The maximum atomic E-state index is 6.48. The first kappa shape index (κ1) is 30.3. The lowest BCUT2D eigenvalue weighted by atomic mass is 9.97. The molecule has 0 saturated heterocycles. The van der Waals surface area contributed by atoms with Gasteiger partial charge < -0.3 is 8.83 Å². The second-order valence-corrected chi connectivity index (χ2v) is 13.6. The fourth-order valence-corrected chi connectivity index (χ4v) is 7.65. The average molecular weight is 692 g/mol. The van der Waals surface area contributed by atoms with E-state index in [1.807, 2.05) is 48.5 Å². The molecule has 11 aromatic rings. The van der Waals surface area contributed by atoms with Crippen LogP contribution in [0.1, 0.15) is 0 Å². The monoisotopic (exact) mass is 691 g/mol. The molecule has 3 aromatic heterocycles.